The van der Waals surface area contributed by atoms with Crippen molar-refractivity contribution in [2.45, 2.75) is 52.6 Å². The molecule has 0 radical (unpaired) electrons. The van der Waals surface area contributed by atoms with Crippen LogP contribution in [-0.2, 0) is 9.59 Å². The quantitative estimate of drug-likeness (QED) is 0.754. The molecule has 1 rings (SSSR count). The average Bonchev–Trinajstić information content (AvgIpc) is 2.26. The number of hydrogen-bond acceptors (Lipinski definition) is 2. The molecule has 1 aliphatic rings. The lowest BCUT2D eigenvalue weighted by molar-refractivity contribution is -0.148. The van der Waals surface area contributed by atoms with Gasteiger partial charge in [-0.1, -0.05) is 25.0 Å². The molecule has 4 nitrogen and oxygen atoms in total. The molecule has 1 N–H and O–H groups in total. The Balaban J connectivity index is 2.80. The van der Waals surface area contributed by atoms with E-state index in [9.17, 15) is 9.59 Å². The summed E-state index contributed by atoms with van der Waals surface area (Å²) in [5.74, 6) is -0.0124. The minimum atomic E-state index is -0.369. The predicted molar refractivity (Wildman–Crippen MR) is 67.4 cm³/mol. The van der Waals surface area contributed by atoms with E-state index < -0.39 is 0 Å². The number of allylic oxidation sites excluding steroid dienone is 1. The highest BCUT2D eigenvalue weighted by Gasteiger charge is 2.36. The van der Waals surface area contributed by atoms with E-state index in [-0.39, 0.29) is 23.9 Å². The number of nitrogens with zero attached hydrogens (tertiary/aromatic N) is 1. The third-order valence-corrected chi connectivity index (χ3v) is 3.02. The normalized spacial score (nSPS) is 24.6. The smallest absolute Gasteiger partial charge is 0.246 e. The van der Waals surface area contributed by atoms with Gasteiger partial charge in [-0.05, 0) is 27.2 Å². The summed E-state index contributed by atoms with van der Waals surface area (Å²) >= 11 is 0. The van der Waals surface area contributed by atoms with Gasteiger partial charge in [0.1, 0.15) is 12.1 Å². The third kappa shape index (κ3) is 3.32. The molecule has 0 aromatic heterocycles. The highest BCUT2D eigenvalue weighted by Crippen LogP contribution is 2.13. The molecule has 4 heteroatoms. The predicted octanol–water partition coefficient (Wildman–Crippen LogP) is 1.47. The van der Waals surface area contributed by atoms with E-state index in [4.69, 9.17) is 0 Å². The number of carbonyl (C=O) groups is 2. The van der Waals surface area contributed by atoms with E-state index in [1.54, 1.807) is 11.8 Å². The van der Waals surface area contributed by atoms with Gasteiger partial charge in [-0.2, -0.15) is 0 Å². The Morgan fingerprint density at radius 3 is 2.59 bits per heavy atom. The largest absolute Gasteiger partial charge is 0.343 e. The summed E-state index contributed by atoms with van der Waals surface area (Å²) in [6, 6.07) is -0.708. The number of piperazine rings is 1. The SMILES string of the molecule is CCCC1NC(=O)C(C)N(CC=C(C)C)C1=O. The van der Waals surface area contributed by atoms with Crippen LogP contribution in [0.2, 0.25) is 0 Å². The maximum atomic E-state index is 12.2. The first-order valence-electron chi connectivity index (χ1n) is 6.21. The van der Waals surface area contributed by atoms with E-state index in [1.807, 2.05) is 26.8 Å². The first-order chi connectivity index (χ1) is 7.97. The lowest BCUT2D eigenvalue weighted by atomic mass is 10.0. The molecule has 0 saturated carbocycles. The van der Waals surface area contributed by atoms with E-state index in [0.29, 0.717) is 13.0 Å². The van der Waals surface area contributed by atoms with E-state index in [1.165, 1.54) is 0 Å². The minimum absolute atomic E-state index is 0.0384. The Hall–Kier alpha value is -1.32. The molecule has 2 atom stereocenters. The van der Waals surface area contributed by atoms with Gasteiger partial charge in [0.2, 0.25) is 11.8 Å². The Labute approximate surface area is 103 Å². The molecule has 17 heavy (non-hydrogen) atoms. The molecule has 2 unspecified atom stereocenters. The van der Waals surface area contributed by atoms with Crippen molar-refractivity contribution in [2.75, 3.05) is 6.54 Å². The van der Waals surface area contributed by atoms with Gasteiger partial charge in [0, 0.05) is 6.54 Å². The summed E-state index contributed by atoms with van der Waals surface area (Å²) in [6.07, 6.45) is 3.58. The molecule has 0 spiro atoms. The van der Waals surface area contributed by atoms with Crippen LogP contribution < -0.4 is 5.32 Å². The second-order valence-corrected chi connectivity index (χ2v) is 4.80. The van der Waals surface area contributed by atoms with Crippen LogP contribution in [0.5, 0.6) is 0 Å². The molecule has 0 aromatic carbocycles. The van der Waals surface area contributed by atoms with Gasteiger partial charge in [0.25, 0.3) is 0 Å². The third-order valence-electron chi connectivity index (χ3n) is 3.02. The van der Waals surface area contributed by atoms with Crippen molar-refractivity contribution in [3.8, 4) is 0 Å². The van der Waals surface area contributed by atoms with Crippen molar-refractivity contribution >= 4 is 11.8 Å². The number of nitrogens with one attached hydrogen (secondary N) is 1. The highest BCUT2D eigenvalue weighted by molar-refractivity contribution is 5.96. The van der Waals surface area contributed by atoms with Crippen LogP contribution in [0.25, 0.3) is 0 Å². The Bertz CT molecular complexity index is 332. The van der Waals surface area contributed by atoms with E-state index >= 15 is 0 Å². The highest BCUT2D eigenvalue weighted by atomic mass is 16.2. The molecule has 1 fully saturated rings. The summed E-state index contributed by atoms with van der Waals surface area (Å²) in [6.45, 7) is 8.29. The van der Waals surface area contributed by atoms with Gasteiger partial charge < -0.3 is 10.2 Å². The molecule has 1 heterocycles. The Kier molecular flexibility index (Phi) is 4.73. The summed E-state index contributed by atoms with van der Waals surface area (Å²) < 4.78 is 0. The summed E-state index contributed by atoms with van der Waals surface area (Å²) in [7, 11) is 0. The van der Waals surface area contributed by atoms with Gasteiger partial charge in [0.05, 0.1) is 0 Å². The fourth-order valence-electron chi connectivity index (χ4n) is 1.90. The fraction of sp³-hybridized carbons (Fsp3) is 0.692. The molecule has 96 valence electrons. The van der Waals surface area contributed by atoms with Gasteiger partial charge in [-0.3, -0.25) is 9.59 Å². The summed E-state index contributed by atoms with van der Waals surface area (Å²) in [5.41, 5.74) is 1.16. The molecule has 0 aromatic rings. The average molecular weight is 238 g/mol. The Morgan fingerprint density at radius 1 is 1.41 bits per heavy atom. The van der Waals surface area contributed by atoms with Crippen LogP contribution >= 0.6 is 0 Å². The van der Waals surface area contributed by atoms with Crippen molar-refractivity contribution in [1.29, 1.82) is 0 Å². The maximum absolute atomic E-state index is 12.2. The van der Waals surface area contributed by atoms with Gasteiger partial charge >= 0.3 is 0 Å². The number of carbonyl (C=O) groups excluding carboxylic acids is 2. The van der Waals surface area contributed by atoms with Crippen molar-refractivity contribution < 1.29 is 9.59 Å². The van der Waals surface area contributed by atoms with Crippen LogP contribution in [0.4, 0.5) is 0 Å². The van der Waals surface area contributed by atoms with E-state index in [0.717, 1.165) is 12.0 Å². The van der Waals surface area contributed by atoms with Crippen LogP contribution in [-0.4, -0.2) is 35.3 Å². The van der Waals surface area contributed by atoms with Crippen LogP contribution in [0.15, 0.2) is 11.6 Å². The number of hydrogen-bond donors (Lipinski definition) is 1. The summed E-state index contributed by atoms with van der Waals surface area (Å²) in [4.78, 5) is 25.6. The fourth-order valence-corrected chi connectivity index (χ4v) is 1.90. The zero-order valence-electron chi connectivity index (χ0n) is 11.1. The molecule has 1 aliphatic heterocycles. The summed E-state index contributed by atoms with van der Waals surface area (Å²) in [5, 5.41) is 2.78. The monoisotopic (exact) mass is 238 g/mol. The molecule has 1 saturated heterocycles. The second kappa shape index (κ2) is 5.84. The van der Waals surface area contributed by atoms with Crippen molar-refractivity contribution in [2.24, 2.45) is 0 Å². The second-order valence-electron chi connectivity index (χ2n) is 4.80. The van der Waals surface area contributed by atoms with Crippen LogP contribution in [0.1, 0.15) is 40.5 Å². The molecule has 2 amide bonds. The van der Waals surface area contributed by atoms with Crippen LogP contribution in [0, 0.1) is 0 Å². The molecule has 0 bridgehead atoms. The minimum Gasteiger partial charge on any atom is -0.343 e. The van der Waals surface area contributed by atoms with Gasteiger partial charge in [-0.15, -0.1) is 0 Å². The molecular weight excluding hydrogens is 216 g/mol. The van der Waals surface area contributed by atoms with Gasteiger partial charge in [0.15, 0.2) is 0 Å². The Morgan fingerprint density at radius 2 is 2.06 bits per heavy atom. The topological polar surface area (TPSA) is 49.4 Å². The molecular formula is C13H22N2O2. The van der Waals surface area contributed by atoms with Crippen LogP contribution in [0.3, 0.4) is 0 Å². The van der Waals surface area contributed by atoms with Crippen molar-refractivity contribution in [1.82, 2.24) is 10.2 Å². The maximum Gasteiger partial charge on any atom is 0.246 e. The lowest BCUT2D eigenvalue weighted by Gasteiger charge is -2.36. The van der Waals surface area contributed by atoms with Crippen molar-refractivity contribution in [3.05, 3.63) is 11.6 Å². The lowest BCUT2D eigenvalue weighted by Crippen LogP contribution is -2.62. The zero-order valence-corrected chi connectivity index (χ0v) is 11.1. The molecule has 0 aliphatic carbocycles. The first-order valence-corrected chi connectivity index (χ1v) is 6.21. The zero-order chi connectivity index (χ0) is 13.0. The van der Waals surface area contributed by atoms with Gasteiger partial charge in [-0.25, -0.2) is 0 Å². The van der Waals surface area contributed by atoms with E-state index in [2.05, 4.69) is 5.32 Å². The standard InChI is InChI=1S/C13H22N2O2/c1-5-6-11-13(17)15(8-7-9(2)3)10(4)12(16)14-11/h7,10-11H,5-6,8H2,1-4H3,(H,14,16). The number of amides is 2. The number of rotatable bonds is 4. The van der Waals surface area contributed by atoms with Crippen molar-refractivity contribution in [3.63, 3.8) is 0 Å². The first kappa shape index (κ1) is 13.7.